The standard InChI is InChI=1S/C11H10ClNO4/c12-6-3-1-2-5-9(6)8(17-11(5)16)4-7(13)10(14)15/h1-3,7-8H,4,13H2,(H,14,15)/t7-,8?/m0/s1. The molecular weight excluding hydrogens is 246 g/mol. The molecule has 2 rings (SSSR count). The van der Waals surface area contributed by atoms with Gasteiger partial charge in [-0.1, -0.05) is 17.7 Å². The molecule has 17 heavy (non-hydrogen) atoms. The predicted molar refractivity (Wildman–Crippen MR) is 59.8 cm³/mol. The first kappa shape index (κ1) is 11.9. The first-order valence-electron chi connectivity index (χ1n) is 4.98. The van der Waals surface area contributed by atoms with Crippen molar-refractivity contribution in [1.82, 2.24) is 0 Å². The van der Waals surface area contributed by atoms with Crippen molar-refractivity contribution in [3.63, 3.8) is 0 Å². The Balaban J connectivity index is 2.30. The molecule has 0 radical (unpaired) electrons. The van der Waals surface area contributed by atoms with Crippen LogP contribution in [-0.4, -0.2) is 23.1 Å². The van der Waals surface area contributed by atoms with Gasteiger partial charge in [-0.25, -0.2) is 4.79 Å². The van der Waals surface area contributed by atoms with Crippen LogP contribution < -0.4 is 5.73 Å². The summed E-state index contributed by atoms with van der Waals surface area (Å²) in [5.41, 5.74) is 6.31. The molecule has 5 nitrogen and oxygen atoms in total. The summed E-state index contributed by atoms with van der Waals surface area (Å²) in [4.78, 5) is 22.2. The van der Waals surface area contributed by atoms with Crippen LogP contribution in [0.15, 0.2) is 18.2 Å². The minimum atomic E-state index is -1.14. The Bertz CT molecular complexity index is 488. The minimum absolute atomic E-state index is 0.0117. The zero-order chi connectivity index (χ0) is 12.6. The lowest BCUT2D eigenvalue weighted by molar-refractivity contribution is -0.139. The van der Waals surface area contributed by atoms with Gasteiger partial charge in [0.05, 0.1) is 5.56 Å². The maximum Gasteiger partial charge on any atom is 0.339 e. The maximum absolute atomic E-state index is 11.5. The zero-order valence-corrected chi connectivity index (χ0v) is 9.48. The number of rotatable bonds is 3. The molecule has 1 aromatic rings. The summed E-state index contributed by atoms with van der Waals surface area (Å²) in [6, 6.07) is 3.77. The van der Waals surface area contributed by atoms with Crippen molar-refractivity contribution in [2.45, 2.75) is 18.6 Å². The number of aliphatic carboxylic acids is 1. The lowest BCUT2D eigenvalue weighted by Crippen LogP contribution is -2.31. The molecule has 0 amide bonds. The first-order valence-corrected chi connectivity index (χ1v) is 5.36. The molecule has 0 fully saturated rings. The van der Waals surface area contributed by atoms with Gasteiger partial charge in [0.1, 0.15) is 12.1 Å². The van der Waals surface area contributed by atoms with E-state index in [1.165, 1.54) is 0 Å². The second-order valence-corrected chi connectivity index (χ2v) is 4.18. The van der Waals surface area contributed by atoms with Gasteiger partial charge in [0.15, 0.2) is 0 Å². The minimum Gasteiger partial charge on any atom is -0.480 e. The summed E-state index contributed by atoms with van der Waals surface area (Å²) in [7, 11) is 0. The number of halogens is 1. The van der Waals surface area contributed by atoms with E-state index in [1.54, 1.807) is 18.2 Å². The molecule has 1 aliphatic rings. The van der Waals surface area contributed by atoms with Gasteiger partial charge in [-0.2, -0.15) is 0 Å². The molecule has 0 saturated carbocycles. The van der Waals surface area contributed by atoms with Crippen LogP contribution in [0.25, 0.3) is 0 Å². The fourth-order valence-corrected chi connectivity index (χ4v) is 2.09. The topological polar surface area (TPSA) is 89.6 Å². The van der Waals surface area contributed by atoms with Gasteiger partial charge >= 0.3 is 11.9 Å². The number of esters is 1. The monoisotopic (exact) mass is 255 g/mol. The Labute approximate surface area is 102 Å². The van der Waals surface area contributed by atoms with Gasteiger partial charge in [0.25, 0.3) is 0 Å². The molecule has 0 aromatic heterocycles. The van der Waals surface area contributed by atoms with Crippen molar-refractivity contribution in [3.8, 4) is 0 Å². The van der Waals surface area contributed by atoms with E-state index in [9.17, 15) is 9.59 Å². The molecule has 1 heterocycles. The molecule has 0 bridgehead atoms. The van der Waals surface area contributed by atoms with Crippen LogP contribution in [0.4, 0.5) is 0 Å². The molecule has 90 valence electrons. The number of hydrogen-bond acceptors (Lipinski definition) is 4. The number of carboxylic acid groups (broad SMARTS) is 1. The van der Waals surface area contributed by atoms with Crippen LogP contribution in [0.3, 0.4) is 0 Å². The van der Waals surface area contributed by atoms with E-state index in [4.69, 9.17) is 27.2 Å². The number of hydrogen-bond donors (Lipinski definition) is 2. The van der Waals surface area contributed by atoms with Gasteiger partial charge in [0, 0.05) is 17.0 Å². The molecule has 6 heteroatoms. The van der Waals surface area contributed by atoms with Gasteiger partial charge in [-0.05, 0) is 12.1 Å². The Morgan fingerprint density at radius 1 is 1.59 bits per heavy atom. The summed E-state index contributed by atoms with van der Waals surface area (Å²) in [6.45, 7) is 0. The molecule has 0 saturated heterocycles. The normalized spacial score (nSPS) is 19.6. The largest absolute Gasteiger partial charge is 0.480 e. The second-order valence-electron chi connectivity index (χ2n) is 3.78. The molecule has 0 spiro atoms. The third kappa shape index (κ3) is 2.11. The number of carbonyl (C=O) groups is 2. The van der Waals surface area contributed by atoms with Crippen molar-refractivity contribution in [1.29, 1.82) is 0 Å². The first-order chi connectivity index (χ1) is 8.00. The van der Waals surface area contributed by atoms with Crippen LogP contribution in [0, 0.1) is 0 Å². The third-order valence-electron chi connectivity index (χ3n) is 2.63. The van der Waals surface area contributed by atoms with Crippen molar-refractivity contribution in [2.24, 2.45) is 5.73 Å². The highest BCUT2D eigenvalue weighted by molar-refractivity contribution is 6.32. The molecule has 1 unspecified atom stereocenters. The highest BCUT2D eigenvalue weighted by atomic mass is 35.5. The lowest BCUT2D eigenvalue weighted by atomic mass is 10.00. The Morgan fingerprint density at radius 3 is 2.94 bits per heavy atom. The quantitative estimate of drug-likeness (QED) is 0.796. The number of cyclic esters (lactones) is 1. The van der Waals surface area contributed by atoms with Gasteiger partial charge < -0.3 is 15.6 Å². The lowest BCUT2D eigenvalue weighted by Gasteiger charge is -2.14. The van der Waals surface area contributed by atoms with Gasteiger partial charge in [0.2, 0.25) is 0 Å². The Hall–Kier alpha value is -1.59. The number of nitrogens with two attached hydrogens (primary N) is 1. The van der Waals surface area contributed by atoms with Crippen molar-refractivity contribution in [3.05, 3.63) is 34.3 Å². The molecule has 1 aliphatic heterocycles. The molecule has 0 aliphatic carbocycles. The van der Waals surface area contributed by atoms with E-state index in [2.05, 4.69) is 0 Å². The number of ether oxygens (including phenoxy) is 1. The summed E-state index contributed by atoms with van der Waals surface area (Å²) in [5, 5.41) is 9.11. The second kappa shape index (κ2) is 4.35. The molecular formula is C11H10ClNO4. The number of carbonyl (C=O) groups excluding carboxylic acids is 1. The number of carboxylic acids is 1. The maximum atomic E-state index is 11.5. The van der Waals surface area contributed by atoms with Crippen LogP contribution in [-0.2, 0) is 9.53 Å². The fraction of sp³-hybridized carbons (Fsp3) is 0.273. The summed E-state index contributed by atoms with van der Waals surface area (Å²) < 4.78 is 5.07. The van der Waals surface area contributed by atoms with E-state index in [-0.39, 0.29) is 6.42 Å². The van der Waals surface area contributed by atoms with E-state index in [0.29, 0.717) is 16.1 Å². The van der Waals surface area contributed by atoms with Crippen molar-refractivity contribution in [2.75, 3.05) is 0 Å². The Kier molecular flexibility index (Phi) is 3.04. The molecule has 2 atom stereocenters. The van der Waals surface area contributed by atoms with Crippen LogP contribution >= 0.6 is 11.6 Å². The van der Waals surface area contributed by atoms with E-state index >= 15 is 0 Å². The molecule has 3 N–H and O–H groups in total. The van der Waals surface area contributed by atoms with Crippen LogP contribution in [0.1, 0.15) is 28.4 Å². The zero-order valence-electron chi connectivity index (χ0n) is 8.72. The van der Waals surface area contributed by atoms with Gasteiger partial charge in [-0.15, -0.1) is 0 Å². The SMILES string of the molecule is N[C@@H](CC1OC(=O)c2cccc(Cl)c21)C(=O)O. The van der Waals surface area contributed by atoms with Crippen molar-refractivity contribution < 1.29 is 19.4 Å². The smallest absolute Gasteiger partial charge is 0.339 e. The summed E-state index contributed by atoms with van der Waals surface area (Å²) in [6.07, 6.45) is -0.671. The predicted octanol–water partition coefficient (Wildman–Crippen LogP) is 1.35. The third-order valence-corrected chi connectivity index (χ3v) is 2.96. The average molecular weight is 256 g/mol. The Morgan fingerprint density at radius 2 is 2.29 bits per heavy atom. The molecule has 1 aromatic carbocycles. The fourth-order valence-electron chi connectivity index (χ4n) is 1.79. The van der Waals surface area contributed by atoms with E-state index in [0.717, 1.165) is 0 Å². The van der Waals surface area contributed by atoms with Crippen molar-refractivity contribution >= 4 is 23.5 Å². The highest BCUT2D eigenvalue weighted by Crippen LogP contribution is 2.38. The van der Waals surface area contributed by atoms with E-state index < -0.39 is 24.1 Å². The summed E-state index contributed by atoms with van der Waals surface area (Å²) >= 11 is 5.97. The summed E-state index contributed by atoms with van der Waals surface area (Å²) in [5.74, 6) is -1.63. The van der Waals surface area contributed by atoms with E-state index in [1.807, 2.05) is 0 Å². The van der Waals surface area contributed by atoms with Crippen LogP contribution in [0.5, 0.6) is 0 Å². The number of benzene rings is 1. The highest BCUT2D eigenvalue weighted by Gasteiger charge is 2.35. The van der Waals surface area contributed by atoms with Crippen LogP contribution in [0.2, 0.25) is 5.02 Å². The number of fused-ring (bicyclic) bond motifs is 1. The van der Waals surface area contributed by atoms with Gasteiger partial charge in [-0.3, -0.25) is 4.79 Å². The average Bonchev–Trinajstić information content (AvgIpc) is 2.57.